The second kappa shape index (κ2) is 12.6. The van der Waals surface area contributed by atoms with Gasteiger partial charge in [0.15, 0.2) is 0 Å². The molecule has 2 aliphatic rings. The van der Waals surface area contributed by atoms with Crippen molar-refractivity contribution in [2.24, 2.45) is 0 Å². The van der Waals surface area contributed by atoms with Gasteiger partial charge in [0.1, 0.15) is 22.7 Å². The van der Waals surface area contributed by atoms with Gasteiger partial charge in [-0.05, 0) is 63.4 Å². The maximum Gasteiger partial charge on any atom is 0.140 e. The van der Waals surface area contributed by atoms with Gasteiger partial charge in [0.2, 0.25) is 0 Å². The molecular weight excluding hydrogens is 731 g/mol. The van der Waals surface area contributed by atoms with Crippen LogP contribution in [0.3, 0.4) is 0 Å². The first-order chi connectivity index (χ1) is 29.8. The second-order valence-corrected chi connectivity index (χ2v) is 15.9. The van der Waals surface area contributed by atoms with Crippen molar-refractivity contribution >= 4 is 60.5 Å². The molecule has 0 radical (unpaired) electrons. The Hall–Kier alpha value is -7.88. The Labute approximate surface area is 347 Å². The lowest BCUT2D eigenvalue weighted by atomic mass is 9.65. The summed E-state index contributed by atoms with van der Waals surface area (Å²) in [5, 5.41) is 6.73. The summed E-state index contributed by atoms with van der Waals surface area (Å²) in [6.07, 6.45) is 0. The van der Waals surface area contributed by atoms with Crippen molar-refractivity contribution in [2.75, 3.05) is 4.90 Å². The van der Waals surface area contributed by atoms with E-state index in [-0.39, 0.29) is 0 Å². The average Bonchev–Trinajstić information content (AvgIpc) is 3.83. The van der Waals surface area contributed by atoms with Crippen LogP contribution in [0.15, 0.2) is 217 Å². The topological polar surface area (TPSA) is 25.6 Å². The molecule has 0 fully saturated rings. The number of nitrogens with zero attached hydrogens (tertiary/aromatic N) is 1. The summed E-state index contributed by atoms with van der Waals surface area (Å²) in [7, 11) is 0. The minimum absolute atomic E-state index is 0.674. The van der Waals surface area contributed by atoms with E-state index in [1.54, 1.807) is 0 Å². The normalized spacial score (nSPS) is 13.3. The van der Waals surface area contributed by atoms with Crippen molar-refractivity contribution in [2.45, 2.75) is 5.41 Å². The van der Waals surface area contributed by atoms with Gasteiger partial charge in [-0.3, -0.25) is 0 Å². The van der Waals surface area contributed by atoms with Crippen LogP contribution >= 0.6 is 0 Å². The highest BCUT2D eigenvalue weighted by Gasteiger charge is 2.52. The van der Waals surface area contributed by atoms with Gasteiger partial charge in [0, 0.05) is 55.6 Å². The summed E-state index contributed by atoms with van der Waals surface area (Å²) in [5.41, 5.74) is 13.7. The summed E-state index contributed by atoms with van der Waals surface area (Å²) in [4.78, 5) is 2.45. The predicted molar refractivity (Wildman–Crippen MR) is 246 cm³/mol. The zero-order valence-corrected chi connectivity index (χ0v) is 32.5. The minimum Gasteiger partial charge on any atom is -0.456 e. The maximum atomic E-state index is 7.25. The number of fused-ring (bicyclic) bond motifs is 16. The molecule has 1 aliphatic carbocycles. The van der Waals surface area contributed by atoms with E-state index in [1.807, 2.05) is 12.1 Å². The van der Waals surface area contributed by atoms with Crippen LogP contribution in [-0.2, 0) is 5.41 Å². The Morgan fingerprint density at radius 1 is 0.367 bits per heavy atom. The highest BCUT2D eigenvalue weighted by atomic mass is 16.5. The highest BCUT2D eigenvalue weighted by Crippen LogP contribution is 2.65. The minimum atomic E-state index is -0.674. The molecule has 60 heavy (non-hydrogen) atoms. The average molecular weight is 766 g/mol. The number of furan rings is 1. The van der Waals surface area contributed by atoms with Gasteiger partial charge in [-0.1, -0.05) is 176 Å². The van der Waals surface area contributed by atoms with Crippen LogP contribution in [-0.4, -0.2) is 0 Å². The number of para-hydroxylation sites is 2. The van der Waals surface area contributed by atoms with E-state index in [1.165, 1.54) is 22.3 Å². The summed E-state index contributed by atoms with van der Waals surface area (Å²) in [6, 6.07) is 76.7. The quantitative estimate of drug-likeness (QED) is 0.178. The van der Waals surface area contributed by atoms with Crippen molar-refractivity contribution in [3.8, 4) is 33.8 Å². The summed E-state index contributed by atoms with van der Waals surface area (Å²) < 4.78 is 13.8. The van der Waals surface area contributed by atoms with Gasteiger partial charge in [-0.25, -0.2) is 0 Å². The SMILES string of the molecule is c1ccc(-c2ccccc2N(c2ccc3c(c2)oc2ccccc23)c2cccc3c2-c2ccccc2C32c3ccc4ccccc4c3Oc3c2ccc2ccccc32)cc1. The second-order valence-electron chi connectivity index (χ2n) is 15.9. The molecule has 0 unspecified atom stereocenters. The lowest BCUT2D eigenvalue weighted by Crippen LogP contribution is -2.32. The Kier molecular flexibility index (Phi) is 6.93. The van der Waals surface area contributed by atoms with E-state index < -0.39 is 5.41 Å². The molecule has 1 aliphatic heterocycles. The Balaban J connectivity index is 1.16. The van der Waals surface area contributed by atoms with E-state index in [0.717, 1.165) is 94.3 Å². The molecule has 0 atom stereocenters. The van der Waals surface area contributed by atoms with Crippen LogP contribution in [0.25, 0.3) is 65.7 Å². The van der Waals surface area contributed by atoms with E-state index in [9.17, 15) is 0 Å². The molecule has 1 aromatic heterocycles. The summed E-state index contributed by atoms with van der Waals surface area (Å²) in [5.74, 6) is 1.82. The van der Waals surface area contributed by atoms with Crippen LogP contribution < -0.4 is 9.64 Å². The summed E-state index contributed by atoms with van der Waals surface area (Å²) >= 11 is 0. The summed E-state index contributed by atoms with van der Waals surface area (Å²) in [6.45, 7) is 0. The number of ether oxygens (including phenoxy) is 1. The smallest absolute Gasteiger partial charge is 0.140 e. The standard InChI is InChI=1S/C57H35NO2/c1-2-15-36(16-3-1)40-19-9-12-26-50(40)58(39-31-32-44-43-22-10-13-28-52(43)59-53(44)35-39)51-27-14-25-47-54(51)45-23-8-11-24-46(45)57(47)48-33-29-37-17-4-6-20-41(37)55(48)60-56-42-21-7-5-18-38(42)30-34-49(56)57/h1-35H. The zero-order chi connectivity index (χ0) is 39.4. The number of benzene rings is 10. The fourth-order valence-electron chi connectivity index (χ4n) is 10.4. The molecule has 0 N–H and O–H groups in total. The molecule has 13 rings (SSSR count). The maximum absolute atomic E-state index is 7.25. The van der Waals surface area contributed by atoms with Crippen LogP contribution in [0.4, 0.5) is 17.1 Å². The molecule has 0 saturated carbocycles. The largest absolute Gasteiger partial charge is 0.456 e. The van der Waals surface area contributed by atoms with E-state index in [0.29, 0.717) is 0 Å². The number of rotatable bonds is 4. The molecule has 2 heterocycles. The van der Waals surface area contributed by atoms with E-state index in [2.05, 4.69) is 205 Å². The molecule has 3 heteroatoms. The molecule has 280 valence electrons. The molecule has 11 aromatic rings. The fourth-order valence-corrected chi connectivity index (χ4v) is 10.4. The Bertz CT molecular complexity index is 3460. The third-order valence-electron chi connectivity index (χ3n) is 12.9. The Morgan fingerprint density at radius 3 is 1.72 bits per heavy atom. The third kappa shape index (κ3) is 4.49. The van der Waals surface area contributed by atoms with Gasteiger partial charge >= 0.3 is 0 Å². The molecule has 0 saturated heterocycles. The fraction of sp³-hybridized carbons (Fsp3) is 0.0175. The van der Waals surface area contributed by atoms with Gasteiger partial charge in [-0.2, -0.15) is 0 Å². The predicted octanol–water partition coefficient (Wildman–Crippen LogP) is 15.5. The van der Waals surface area contributed by atoms with Gasteiger partial charge < -0.3 is 14.1 Å². The van der Waals surface area contributed by atoms with E-state index in [4.69, 9.17) is 9.15 Å². The zero-order valence-electron chi connectivity index (χ0n) is 32.5. The molecule has 10 aromatic carbocycles. The lowest BCUT2D eigenvalue weighted by molar-refractivity contribution is 0.447. The number of hydrogen-bond acceptors (Lipinski definition) is 3. The Morgan fingerprint density at radius 2 is 0.950 bits per heavy atom. The van der Waals surface area contributed by atoms with Gasteiger partial charge in [0.05, 0.1) is 16.8 Å². The monoisotopic (exact) mass is 765 g/mol. The van der Waals surface area contributed by atoms with Gasteiger partial charge in [-0.15, -0.1) is 0 Å². The molecule has 0 bridgehead atoms. The lowest BCUT2D eigenvalue weighted by Gasteiger charge is -2.40. The number of anilines is 3. The van der Waals surface area contributed by atoms with Crippen LogP contribution in [0, 0.1) is 0 Å². The van der Waals surface area contributed by atoms with Crippen molar-refractivity contribution in [3.63, 3.8) is 0 Å². The van der Waals surface area contributed by atoms with E-state index >= 15 is 0 Å². The van der Waals surface area contributed by atoms with Gasteiger partial charge in [0.25, 0.3) is 0 Å². The van der Waals surface area contributed by atoms with Crippen molar-refractivity contribution < 1.29 is 9.15 Å². The van der Waals surface area contributed by atoms with Crippen LogP contribution in [0.1, 0.15) is 22.3 Å². The first-order valence-electron chi connectivity index (χ1n) is 20.6. The van der Waals surface area contributed by atoms with Crippen LogP contribution in [0.2, 0.25) is 0 Å². The highest BCUT2D eigenvalue weighted by molar-refractivity contribution is 6.08. The third-order valence-corrected chi connectivity index (χ3v) is 12.9. The number of hydrogen-bond donors (Lipinski definition) is 0. The first kappa shape index (κ1) is 33.1. The molecule has 1 spiro atoms. The van der Waals surface area contributed by atoms with Crippen molar-refractivity contribution in [1.82, 2.24) is 0 Å². The molecular formula is C57H35NO2. The molecule has 0 amide bonds. The van der Waals surface area contributed by atoms with Crippen molar-refractivity contribution in [3.05, 3.63) is 235 Å². The molecule has 3 nitrogen and oxygen atoms in total. The van der Waals surface area contributed by atoms with Crippen LogP contribution in [0.5, 0.6) is 11.5 Å². The first-order valence-corrected chi connectivity index (χ1v) is 20.6. The van der Waals surface area contributed by atoms with Crippen molar-refractivity contribution in [1.29, 1.82) is 0 Å².